The first-order valence-electron chi connectivity index (χ1n) is 9.85. The van der Waals surface area contributed by atoms with Crippen LogP contribution in [0.3, 0.4) is 0 Å². The van der Waals surface area contributed by atoms with Gasteiger partial charge in [0.25, 0.3) is 0 Å². The van der Waals surface area contributed by atoms with Crippen molar-refractivity contribution in [2.75, 3.05) is 32.1 Å². The molecular formula is C22H24N4O3. The number of hydrogen-bond acceptors (Lipinski definition) is 7. The standard InChI is InChI=1S/C22H24N4O3/c1-27-17-9-7-16(8-10-17)21-25-18(14-23)22(29-21)24-15-19(20-6-5-13-28-20)26-11-3-2-4-12-26/h5-10,13,19,24H,2-4,11-12,15H2,1H3. The maximum absolute atomic E-state index is 9.50. The summed E-state index contributed by atoms with van der Waals surface area (Å²) in [5.74, 6) is 2.45. The number of furan rings is 1. The minimum Gasteiger partial charge on any atom is -0.497 e. The van der Waals surface area contributed by atoms with Crippen LogP contribution in [0.2, 0.25) is 0 Å². The molecule has 1 saturated heterocycles. The molecule has 3 aromatic rings. The number of methoxy groups -OCH3 is 1. The van der Waals surface area contributed by atoms with E-state index in [1.807, 2.05) is 36.4 Å². The Hall–Kier alpha value is -3.24. The summed E-state index contributed by atoms with van der Waals surface area (Å²) in [6.07, 6.45) is 5.33. The molecule has 1 fully saturated rings. The third-order valence-electron chi connectivity index (χ3n) is 5.23. The Labute approximate surface area is 169 Å². The van der Waals surface area contributed by atoms with Crippen LogP contribution in [-0.4, -0.2) is 36.6 Å². The van der Waals surface area contributed by atoms with Crippen LogP contribution in [0.5, 0.6) is 5.75 Å². The smallest absolute Gasteiger partial charge is 0.232 e. The molecule has 0 saturated carbocycles. The Morgan fingerprint density at radius 1 is 1.21 bits per heavy atom. The number of nitrogens with one attached hydrogen (secondary N) is 1. The van der Waals surface area contributed by atoms with Crippen molar-refractivity contribution in [2.24, 2.45) is 0 Å². The minimum absolute atomic E-state index is 0.0754. The molecule has 0 spiro atoms. The zero-order valence-electron chi connectivity index (χ0n) is 16.4. The molecule has 1 aromatic carbocycles. The predicted molar refractivity (Wildman–Crippen MR) is 109 cm³/mol. The third kappa shape index (κ3) is 4.28. The highest BCUT2D eigenvalue weighted by Gasteiger charge is 2.25. The van der Waals surface area contributed by atoms with Gasteiger partial charge in [0.05, 0.1) is 19.4 Å². The highest BCUT2D eigenvalue weighted by atomic mass is 16.5. The number of aromatic nitrogens is 1. The van der Waals surface area contributed by atoms with Gasteiger partial charge in [-0.15, -0.1) is 0 Å². The molecule has 3 heterocycles. The molecule has 0 bridgehead atoms. The van der Waals surface area contributed by atoms with Gasteiger partial charge in [0.2, 0.25) is 17.5 Å². The van der Waals surface area contributed by atoms with Gasteiger partial charge in [-0.2, -0.15) is 10.2 Å². The summed E-state index contributed by atoms with van der Waals surface area (Å²) in [7, 11) is 1.62. The molecule has 7 nitrogen and oxygen atoms in total. The van der Waals surface area contributed by atoms with E-state index in [2.05, 4.69) is 21.3 Å². The van der Waals surface area contributed by atoms with Crippen molar-refractivity contribution in [1.82, 2.24) is 9.88 Å². The van der Waals surface area contributed by atoms with Crippen molar-refractivity contribution in [2.45, 2.75) is 25.3 Å². The molecule has 150 valence electrons. The SMILES string of the molecule is COc1ccc(-c2nc(C#N)c(NCC(c3ccco3)N3CCCCC3)o2)cc1. The van der Waals surface area contributed by atoms with Crippen LogP contribution in [-0.2, 0) is 0 Å². The van der Waals surface area contributed by atoms with Crippen LogP contribution < -0.4 is 10.1 Å². The van der Waals surface area contributed by atoms with Crippen LogP contribution in [0.1, 0.15) is 36.8 Å². The highest BCUT2D eigenvalue weighted by molar-refractivity contribution is 5.59. The molecule has 4 rings (SSSR count). The zero-order chi connectivity index (χ0) is 20.1. The zero-order valence-corrected chi connectivity index (χ0v) is 16.4. The molecule has 1 N–H and O–H groups in total. The second kappa shape index (κ2) is 8.84. The van der Waals surface area contributed by atoms with Crippen molar-refractivity contribution in [1.29, 1.82) is 5.26 Å². The lowest BCUT2D eigenvalue weighted by atomic mass is 10.1. The Balaban J connectivity index is 1.53. The molecule has 1 atom stereocenters. The first kappa shape index (κ1) is 19.1. The summed E-state index contributed by atoms with van der Waals surface area (Å²) in [5.41, 5.74) is 1.03. The van der Waals surface area contributed by atoms with Crippen molar-refractivity contribution in [3.05, 3.63) is 54.1 Å². The molecule has 1 aliphatic heterocycles. The number of likely N-dealkylation sites (tertiary alicyclic amines) is 1. The number of nitriles is 1. The molecule has 1 unspecified atom stereocenters. The third-order valence-corrected chi connectivity index (χ3v) is 5.23. The van der Waals surface area contributed by atoms with Crippen LogP contribution >= 0.6 is 0 Å². The van der Waals surface area contributed by atoms with Gasteiger partial charge in [-0.25, -0.2) is 0 Å². The quantitative estimate of drug-likeness (QED) is 0.635. The molecule has 7 heteroatoms. The van der Waals surface area contributed by atoms with Crippen molar-refractivity contribution >= 4 is 5.88 Å². The van der Waals surface area contributed by atoms with Gasteiger partial charge in [0.1, 0.15) is 17.6 Å². The molecule has 0 radical (unpaired) electrons. The van der Waals surface area contributed by atoms with Crippen molar-refractivity contribution in [3.8, 4) is 23.3 Å². The monoisotopic (exact) mass is 392 g/mol. The number of piperidine rings is 1. The lowest BCUT2D eigenvalue weighted by molar-refractivity contribution is 0.152. The van der Waals surface area contributed by atoms with E-state index in [4.69, 9.17) is 13.6 Å². The van der Waals surface area contributed by atoms with E-state index in [9.17, 15) is 5.26 Å². The average Bonchev–Trinajstić information content (AvgIpc) is 3.45. The van der Waals surface area contributed by atoms with Gasteiger partial charge in [0.15, 0.2) is 0 Å². The summed E-state index contributed by atoms with van der Waals surface area (Å²) < 4.78 is 16.8. The van der Waals surface area contributed by atoms with Gasteiger partial charge in [-0.1, -0.05) is 6.42 Å². The molecular weight excluding hydrogens is 368 g/mol. The van der Waals surface area contributed by atoms with E-state index in [0.717, 1.165) is 30.2 Å². The maximum atomic E-state index is 9.50. The largest absolute Gasteiger partial charge is 0.497 e. The summed E-state index contributed by atoms with van der Waals surface area (Å²) in [6, 6.07) is 13.5. The van der Waals surface area contributed by atoms with Crippen molar-refractivity contribution < 1.29 is 13.6 Å². The first-order valence-corrected chi connectivity index (χ1v) is 9.85. The van der Waals surface area contributed by atoms with E-state index in [1.165, 1.54) is 19.3 Å². The number of ether oxygens (including phenoxy) is 1. The van der Waals surface area contributed by atoms with E-state index >= 15 is 0 Å². The Bertz CT molecular complexity index is 951. The van der Waals surface area contributed by atoms with E-state index in [1.54, 1.807) is 13.4 Å². The number of anilines is 1. The Morgan fingerprint density at radius 3 is 2.66 bits per heavy atom. The number of rotatable bonds is 7. The fraction of sp³-hybridized carbons (Fsp3) is 0.364. The summed E-state index contributed by atoms with van der Waals surface area (Å²) in [6.45, 7) is 2.64. The Kier molecular flexibility index (Phi) is 5.82. The topological polar surface area (TPSA) is 87.5 Å². The van der Waals surface area contributed by atoms with E-state index in [0.29, 0.717) is 18.3 Å². The lowest BCUT2D eigenvalue weighted by Crippen LogP contribution is -2.37. The number of benzene rings is 1. The summed E-state index contributed by atoms with van der Waals surface area (Å²) >= 11 is 0. The van der Waals surface area contributed by atoms with Gasteiger partial charge < -0.3 is 18.9 Å². The fourth-order valence-electron chi connectivity index (χ4n) is 3.68. The fourth-order valence-corrected chi connectivity index (χ4v) is 3.68. The van der Waals surface area contributed by atoms with Crippen molar-refractivity contribution in [3.63, 3.8) is 0 Å². The lowest BCUT2D eigenvalue weighted by Gasteiger charge is -2.33. The molecule has 0 amide bonds. The number of nitrogens with zero attached hydrogens (tertiary/aromatic N) is 3. The minimum atomic E-state index is 0.0754. The second-order valence-corrected chi connectivity index (χ2v) is 7.05. The Morgan fingerprint density at radius 2 is 2.00 bits per heavy atom. The number of oxazole rings is 1. The molecule has 2 aromatic heterocycles. The van der Waals surface area contributed by atoms with E-state index in [-0.39, 0.29) is 11.7 Å². The summed E-state index contributed by atoms with van der Waals surface area (Å²) in [5, 5.41) is 12.8. The van der Waals surface area contributed by atoms with Crippen LogP contribution in [0, 0.1) is 11.3 Å². The molecule has 29 heavy (non-hydrogen) atoms. The molecule has 1 aliphatic rings. The second-order valence-electron chi connectivity index (χ2n) is 7.05. The van der Waals surface area contributed by atoms with Crippen LogP contribution in [0.15, 0.2) is 51.5 Å². The normalized spacial score (nSPS) is 15.6. The van der Waals surface area contributed by atoms with Crippen LogP contribution in [0.4, 0.5) is 5.88 Å². The van der Waals surface area contributed by atoms with E-state index < -0.39 is 0 Å². The van der Waals surface area contributed by atoms with Gasteiger partial charge in [-0.3, -0.25) is 4.90 Å². The van der Waals surface area contributed by atoms with Crippen LogP contribution in [0.25, 0.3) is 11.5 Å². The first-order chi connectivity index (χ1) is 14.3. The maximum Gasteiger partial charge on any atom is 0.232 e. The van der Waals surface area contributed by atoms with Gasteiger partial charge in [-0.05, 0) is 62.3 Å². The summed E-state index contributed by atoms with van der Waals surface area (Å²) in [4.78, 5) is 6.76. The highest BCUT2D eigenvalue weighted by Crippen LogP contribution is 2.29. The average molecular weight is 392 g/mol. The predicted octanol–water partition coefficient (Wildman–Crippen LogP) is 4.45. The van der Waals surface area contributed by atoms with Gasteiger partial charge >= 0.3 is 0 Å². The number of hydrogen-bond donors (Lipinski definition) is 1. The molecule has 0 aliphatic carbocycles. The van der Waals surface area contributed by atoms with Gasteiger partial charge in [0, 0.05) is 12.1 Å².